The first-order valence-electron chi connectivity index (χ1n) is 11.2. The van der Waals surface area contributed by atoms with Gasteiger partial charge in [0.1, 0.15) is 5.69 Å². The van der Waals surface area contributed by atoms with Gasteiger partial charge < -0.3 is 15.0 Å². The average molecular weight is 453 g/mol. The van der Waals surface area contributed by atoms with Crippen molar-refractivity contribution >= 4 is 17.5 Å². The number of anilines is 1. The molecule has 5 rings (SSSR count). The maximum Gasteiger partial charge on any atom is 0.259 e. The molecular weight excluding hydrogens is 428 g/mol. The van der Waals surface area contributed by atoms with Crippen molar-refractivity contribution < 1.29 is 14.3 Å². The van der Waals surface area contributed by atoms with Gasteiger partial charge in [0, 0.05) is 36.1 Å². The van der Waals surface area contributed by atoms with Crippen molar-refractivity contribution in [2.45, 2.75) is 0 Å². The number of morpholine rings is 1. The molecule has 7 heteroatoms. The van der Waals surface area contributed by atoms with Crippen LogP contribution in [0.1, 0.15) is 20.7 Å². The summed E-state index contributed by atoms with van der Waals surface area (Å²) in [5.74, 6) is -0.363. The lowest BCUT2D eigenvalue weighted by Crippen LogP contribution is -2.40. The van der Waals surface area contributed by atoms with Crippen LogP contribution in [0.4, 0.5) is 5.69 Å². The van der Waals surface area contributed by atoms with Crippen molar-refractivity contribution in [3.8, 4) is 16.9 Å². The topological polar surface area (TPSA) is 76.5 Å². The maximum atomic E-state index is 13.4. The van der Waals surface area contributed by atoms with E-state index in [0.717, 1.165) is 11.3 Å². The summed E-state index contributed by atoms with van der Waals surface area (Å²) in [6.45, 7) is 2.20. The van der Waals surface area contributed by atoms with E-state index in [-0.39, 0.29) is 11.8 Å². The fraction of sp³-hybridized carbons (Fsp3) is 0.148. The fourth-order valence-corrected chi connectivity index (χ4v) is 3.94. The Labute approximate surface area is 197 Å². The Morgan fingerprint density at radius 2 is 1.56 bits per heavy atom. The lowest BCUT2D eigenvalue weighted by atomic mass is 10.1. The van der Waals surface area contributed by atoms with E-state index in [1.54, 1.807) is 40.0 Å². The van der Waals surface area contributed by atoms with Crippen LogP contribution in [0.3, 0.4) is 0 Å². The zero-order chi connectivity index (χ0) is 23.3. The van der Waals surface area contributed by atoms with E-state index < -0.39 is 0 Å². The van der Waals surface area contributed by atoms with E-state index in [4.69, 9.17) is 9.84 Å². The summed E-state index contributed by atoms with van der Waals surface area (Å²) >= 11 is 0. The summed E-state index contributed by atoms with van der Waals surface area (Å²) < 4.78 is 7.04. The minimum atomic E-state index is -0.294. The Hall–Kier alpha value is -4.23. The lowest BCUT2D eigenvalue weighted by Gasteiger charge is -2.27. The number of carbonyl (C=O) groups is 2. The van der Waals surface area contributed by atoms with Crippen molar-refractivity contribution in [1.29, 1.82) is 0 Å². The number of amides is 2. The third-order valence-corrected chi connectivity index (χ3v) is 5.69. The van der Waals surface area contributed by atoms with Gasteiger partial charge in [-0.2, -0.15) is 5.10 Å². The number of nitrogens with zero attached hydrogens (tertiary/aromatic N) is 3. The summed E-state index contributed by atoms with van der Waals surface area (Å²) in [6, 6.07) is 26.3. The first kappa shape index (κ1) is 21.6. The Morgan fingerprint density at radius 1 is 0.853 bits per heavy atom. The molecule has 2 heterocycles. The second-order valence-corrected chi connectivity index (χ2v) is 7.98. The number of nitrogens with one attached hydrogen (secondary N) is 1. The van der Waals surface area contributed by atoms with Crippen LogP contribution in [0.5, 0.6) is 0 Å². The van der Waals surface area contributed by atoms with Gasteiger partial charge in [-0.25, -0.2) is 4.68 Å². The molecule has 0 spiro atoms. The normalized spacial score (nSPS) is 13.5. The van der Waals surface area contributed by atoms with Gasteiger partial charge in [-0.1, -0.05) is 54.6 Å². The molecule has 4 aromatic rings. The number of carbonyl (C=O) groups excluding carboxylic acids is 2. The molecule has 0 radical (unpaired) electrons. The lowest BCUT2D eigenvalue weighted by molar-refractivity contribution is 0.0303. The van der Waals surface area contributed by atoms with Crippen molar-refractivity contribution in [1.82, 2.24) is 14.7 Å². The van der Waals surface area contributed by atoms with Gasteiger partial charge in [-0.15, -0.1) is 0 Å². The molecular formula is C27H24N4O3. The molecule has 0 aliphatic carbocycles. The van der Waals surface area contributed by atoms with E-state index in [1.807, 2.05) is 60.7 Å². The van der Waals surface area contributed by atoms with Crippen LogP contribution in [0, 0.1) is 0 Å². The van der Waals surface area contributed by atoms with Gasteiger partial charge in [-0.05, 0) is 30.3 Å². The van der Waals surface area contributed by atoms with Crippen molar-refractivity contribution in [2.24, 2.45) is 0 Å². The molecule has 34 heavy (non-hydrogen) atoms. The highest BCUT2D eigenvalue weighted by molar-refractivity contribution is 6.08. The first-order chi connectivity index (χ1) is 16.7. The second-order valence-electron chi connectivity index (χ2n) is 7.98. The van der Waals surface area contributed by atoms with E-state index in [9.17, 15) is 9.59 Å². The Morgan fingerprint density at radius 3 is 2.29 bits per heavy atom. The zero-order valence-electron chi connectivity index (χ0n) is 18.6. The predicted octanol–water partition coefficient (Wildman–Crippen LogP) is 4.26. The van der Waals surface area contributed by atoms with Crippen LogP contribution >= 0.6 is 0 Å². The molecule has 1 aromatic heterocycles. The highest BCUT2D eigenvalue weighted by Crippen LogP contribution is 2.25. The van der Waals surface area contributed by atoms with Crippen molar-refractivity contribution in [3.63, 3.8) is 0 Å². The van der Waals surface area contributed by atoms with Crippen LogP contribution in [-0.2, 0) is 4.74 Å². The molecule has 0 atom stereocenters. The zero-order valence-corrected chi connectivity index (χ0v) is 18.6. The molecule has 7 nitrogen and oxygen atoms in total. The summed E-state index contributed by atoms with van der Waals surface area (Å²) in [4.78, 5) is 28.0. The number of para-hydroxylation sites is 1. The molecule has 0 unspecified atom stereocenters. The van der Waals surface area contributed by atoms with Gasteiger partial charge in [0.05, 0.1) is 24.5 Å². The Kier molecular flexibility index (Phi) is 6.18. The number of aromatic nitrogens is 2. The highest BCUT2D eigenvalue weighted by atomic mass is 16.5. The number of ether oxygens (including phenoxy) is 1. The fourth-order valence-electron chi connectivity index (χ4n) is 3.94. The molecule has 0 bridgehead atoms. The van der Waals surface area contributed by atoms with Crippen molar-refractivity contribution in [2.75, 3.05) is 31.6 Å². The molecule has 1 fully saturated rings. The van der Waals surface area contributed by atoms with Gasteiger partial charge in [-0.3, -0.25) is 9.59 Å². The van der Waals surface area contributed by atoms with Crippen LogP contribution in [0.15, 0.2) is 91.1 Å². The summed E-state index contributed by atoms with van der Waals surface area (Å²) in [5, 5.41) is 7.65. The third kappa shape index (κ3) is 4.60. The smallest absolute Gasteiger partial charge is 0.259 e. The highest BCUT2D eigenvalue weighted by Gasteiger charge is 2.21. The molecule has 1 N–H and O–H groups in total. The molecule has 1 aliphatic heterocycles. The SMILES string of the molecule is O=C(Nc1cccc(C(=O)N2CCOCC2)c1)c1cn(-c2ccccc2)nc1-c1ccccc1. The Balaban J connectivity index is 1.43. The van der Waals surface area contributed by atoms with E-state index in [1.165, 1.54) is 0 Å². The monoisotopic (exact) mass is 452 g/mol. The molecule has 1 saturated heterocycles. The summed E-state index contributed by atoms with van der Waals surface area (Å²) in [6.07, 6.45) is 1.73. The minimum absolute atomic E-state index is 0.0683. The number of hydrogen-bond acceptors (Lipinski definition) is 4. The molecule has 3 aromatic carbocycles. The van der Waals surface area contributed by atoms with E-state index in [2.05, 4.69) is 5.32 Å². The summed E-state index contributed by atoms with van der Waals surface area (Å²) in [7, 11) is 0. The van der Waals surface area contributed by atoms with Gasteiger partial charge in [0.15, 0.2) is 0 Å². The third-order valence-electron chi connectivity index (χ3n) is 5.69. The van der Waals surface area contributed by atoms with Crippen LogP contribution < -0.4 is 5.32 Å². The van der Waals surface area contributed by atoms with Gasteiger partial charge in [0.2, 0.25) is 0 Å². The van der Waals surface area contributed by atoms with Crippen LogP contribution in [-0.4, -0.2) is 52.8 Å². The largest absolute Gasteiger partial charge is 0.378 e. The van der Waals surface area contributed by atoms with Crippen molar-refractivity contribution in [3.05, 3.63) is 102 Å². The molecule has 0 saturated carbocycles. The van der Waals surface area contributed by atoms with Gasteiger partial charge in [0.25, 0.3) is 11.8 Å². The van der Waals surface area contributed by atoms with Gasteiger partial charge >= 0.3 is 0 Å². The van der Waals surface area contributed by atoms with E-state index >= 15 is 0 Å². The quantitative estimate of drug-likeness (QED) is 0.491. The standard InChI is InChI=1S/C27H24N4O3/c32-26(28-22-11-7-10-21(18-22)27(33)30-14-16-34-17-15-30)24-19-31(23-12-5-2-6-13-23)29-25(24)20-8-3-1-4-9-20/h1-13,18-19H,14-17H2,(H,28,32). The molecule has 170 valence electrons. The second kappa shape index (κ2) is 9.72. The predicted molar refractivity (Wildman–Crippen MR) is 130 cm³/mol. The number of rotatable bonds is 5. The van der Waals surface area contributed by atoms with Crippen LogP contribution in [0.25, 0.3) is 16.9 Å². The molecule has 2 amide bonds. The number of hydrogen-bond donors (Lipinski definition) is 1. The number of benzene rings is 3. The first-order valence-corrected chi connectivity index (χ1v) is 11.2. The minimum Gasteiger partial charge on any atom is -0.378 e. The average Bonchev–Trinajstić information content (AvgIpc) is 3.36. The maximum absolute atomic E-state index is 13.4. The molecule has 1 aliphatic rings. The summed E-state index contributed by atoms with van der Waals surface area (Å²) in [5.41, 5.74) is 3.82. The van der Waals surface area contributed by atoms with Crippen LogP contribution in [0.2, 0.25) is 0 Å². The van der Waals surface area contributed by atoms with E-state index in [0.29, 0.717) is 48.8 Å². The Bertz CT molecular complexity index is 1300.